The normalized spacial score (nSPS) is 12.2. The number of aryl methyl sites for hydroxylation is 1. The third-order valence-corrected chi connectivity index (χ3v) is 3.42. The first-order valence-electron chi connectivity index (χ1n) is 7.42. The van der Waals surface area contributed by atoms with E-state index in [2.05, 4.69) is 10.4 Å². The first-order valence-corrected chi connectivity index (χ1v) is 7.42. The number of nitrogens with one attached hydrogen (secondary N) is 1. The van der Waals surface area contributed by atoms with Gasteiger partial charge in [0.25, 0.3) is 11.5 Å². The van der Waals surface area contributed by atoms with Crippen LogP contribution in [0.2, 0.25) is 0 Å². The van der Waals surface area contributed by atoms with Crippen molar-refractivity contribution in [1.29, 1.82) is 0 Å². The average molecular weight is 315 g/mol. The number of nitrogens with zero attached hydrogens (tertiary/aromatic N) is 2. The van der Waals surface area contributed by atoms with Crippen LogP contribution in [-0.4, -0.2) is 22.5 Å². The summed E-state index contributed by atoms with van der Waals surface area (Å²) in [7, 11) is 0. The molecule has 1 aliphatic heterocycles. The lowest BCUT2D eigenvalue weighted by Crippen LogP contribution is -2.29. The minimum absolute atomic E-state index is 0.209. The Morgan fingerprint density at radius 1 is 1.26 bits per heavy atom. The molecule has 2 heterocycles. The highest BCUT2D eigenvalue weighted by Crippen LogP contribution is 2.32. The molecule has 0 spiro atoms. The molecule has 0 atom stereocenters. The molecule has 1 aliphatic rings. The molecule has 120 valence electrons. The highest BCUT2D eigenvalue weighted by molar-refractivity contribution is 5.91. The van der Waals surface area contributed by atoms with Crippen LogP contribution in [0.5, 0.6) is 11.5 Å². The Kier molecular flexibility index (Phi) is 4.27. The quantitative estimate of drug-likeness (QED) is 0.899. The molecule has 0 saturated carbocycles. The summed E-state index contributed by atoms with van der Waals surface area (Å²) in [4.78, 5) is 23.8. The van der Waals surface area contributed by atoms with Gasteiger partial charge < -0.3 is 14.8 Å². The molecule has 23 heavy (non-hydrogen) atoms. The number of hydrogen-bond donors (Lipinski definition) is 1. The van der Waals surface area contributed by atoms with Crippen LogP contribution in [0, 0.1) is 0 Å². The maximum Gasteiger partial charge on any atom is 0.271 e. The van der Waals surface area contributed by atoms with Crippen LogP contribution in [-0.2, 0) is 13.1 Å². The number of hydrogen-bond acceptors (Lipinski definition) is 5. The molecule has 7 heteroatoms. The highest BCUT2D eigenvalue weighted by Gasteiger charge is 2.14. The molecule has 0 aliphatic carbocycles. The summed E-state index contributed by atoms with van der Waals surface area (Å²) in [6, 6.07) is 8.29. The van der Waals surface area contributed by atoms with Crippen LogP contribution in [0.4, 0.5) is 0 Å². The van der Waals surface area contributed by atoms with Crippen molar-refractivity contribution in [3.05, 3.63) is 51.9 Å². The molecule has 1 N–H and O–H groups in total. The molecule has 0 saturated heterocycles. The molecule has 0 fully saturated rings. The smallest absolute Gasteiger partial charge is 0.271 e. The average Bonchev–Trinajstić information content (AvgIpc) is 3.02. The zero-order valence-electron chi connectivity index (χ0n) is 12.7. The lowest BCUT2D eigenvalue weighted by atomic mass is 10.2. The second-order valence-corrected chi connectivity index (χ2v) is 5.15. The van der Waals surface area contributed by atoms with E-state index in [9.17, 15) is 9.59 Å². The number of benzene rings is 1. The van der Waals surface area contributed by atoms with E-state index in [0.717, 1.165) is 12.0 Å². The van der Waals surface area contributed by atoms with E-state index in [-0.39, 0.29) is 24.0 Å². The van der Waals surface area contributed by atoms with Crippen molar-refractivity contribution in [2.75, 3.05) is 6.79 Å². The number of carbonyl (C=O) groups excluding carboxylic acids is 1. The van der Waals surface area contributed by atoms with E-state index >= 15 is 0 Å². The van der Waals surface area contributed by atoms with Crippen molar-refractivity contribution >= 4 is 5.91 Å². The summed E-state index contributed by atoms with van der Waals surface area (Å²) in [5, 5.41) is 6.86. The van der Waals surface area contributed by atoms with Gasteiger partial charge in [0.05, 0.1) is 0 Å². The topological polar surface area (TPSA) is 82.5 Å². The first kappa shape index (κ1) is 15.1. The SMILES string of the molecule is CCCn1nc(C(=O)NCc2ccc3c(c2)OCO3)ccc1=O. The molecular formula is C16H17N3O4. The van der Waals surface area contributed by atoms with E-state index in [1.54, 1.807) is 0 Å². The minimum atomic E-state index is -0.326. The third kappa shape index (κ3) is 3.33. The van der Waals surface area contributed by atoms with E-state index in [1.807, 2.05) is 25.1 Å². The Hall–Kier alpha value is -2.83. The summed E-state index contributed by atoms with van der Waals surface area (Å²) < 4.78 is 11.8. The maximum atomic E-state index is 12.2. The fourth-order valence-corrected chi connectivity index (χ4v) is 2.27. The van der Waals surface area contributed by atoms with Crippen LogP contribution >= 0.6 is 0 Å². The largest absolute Gasteiger partial charge is 0.454 e. The van der Waals surface area contributed by atoms with Crippen molar-refractivity contribution in [3.63, 3.8) is 0 Å². The Bertz CT molecular complexity index is 785. The molecule has 0 unspecified atom stereocenters. The summed E-state index contributed by atoms with van der Waals surface area (Å²) >= 11 is 0. The minimum Gasteiger partial charge on any atom is -0.454 e. The van der Waals surface area contributed by atoms with Crippen LogP contribution in [0.25, 0.3) is 0 Å². The van der Waals surface area contributed by atoms with Crippen LogP contribution < -0.4 is 20.3 Å². The van der Waals surface area contributed by atoms with E-state index in [0.29, 0.717) is 24.6 Å². The monoisotopic (exact) mass is 315 g/mol. The summed E-state index contributed by atoms with van der Waals surface area (Å²) in [6.07, 6.45) is 0.773. The van der Waals surface area contributed by atoms with Crippen molar-refractivity contribution < 1.29 is 14.3 Å². The van der Waals surface area contributed by atoms with Crippen molar-refractivity contribution in [2.24, 2.45) is 0 Å². The summed E-state index contributed by atoms with van der Waals surface area (Å²) in [6.45, 7) is 2.99. The lowest BCUT2D eigenvalue weighted by molar-refractivity contribution is 0.0943. The first-order chi connectivity index (χ1) is 11.2. The van der Waals surface area contributed by atoms with Crippen LogP contribution in [0.1, 0.15) is 29.4 Å². The molecule has 3 rings (SSSR count). The fourth-order valence-electron chi connectivity index (χ4n) is 2.27. The predicted molar refractivity (Wildman–Crippen MR) is 82.5 cm³/mol. The molecule has 7 nitrogen and oxygen atoms in total. The summed E-state index contributed by atoms with van der Waals surface area (Å²) in [5.74, 6) is 1.05. The van der Waals surface area contributed by atoms with Gasteiger partial charge >= 0.3 is 0 Å². The number of carbonyl (C=O) groups is 1. The zero-order chi connectivity index (χ0) is 16.2. The van der Waals surface area contributed by atoms with Gasteiger partial charge in [-0.2, -0.15) is 5.10 Å². The molecule has 0 radical (unpaired) electrons. The predicted octanol–water partition coefficient (Wildman–Crippen LogP) is 1.31. The Balaban J connectivity index is 1.67. The zero-order valence-corrected chi connectivity index (χ0v) is 12.7. The van der Waals surface area contributed by atoms with Gasteiger partial charge in [0, 0.05) is 19.2 Å². The van der Waals surface area contributed by atoms with Gasteiger partial charge in [0.2, 0.25) is 6.79 Å². The van der Waals surface area contributed by atoms with Gasteiger partial charge in [-0.25, -0.2) is 4.68 Å². The van der Waals surface area contributed by atoms with Crippen molar-refractivity contribution in [2.45, 2.75) is 26.4 Å². The Labute approximate surface area is 132 Å². The number of aromatic nitrogens is 2. The molecule has 1 aromatic carbocycles. The van der Waals surface area contributed by atoms with Gasteiger partial charge in [0.15, 0.2) is 11.5 Å². The van der Waals surface area contributed by atoms with Crippen LogP contribution in [0.15, 0.2) is 35.1 Å². The third-order valence-electron chi connectivity index (χ3n) is 3.42. The van der Waals surface area contributed by atoms with Crippen LogP contribution in [0.3, 0.4) is 0 Å². The molecule has 2 aromatic rings. The van der Waals surface area contributed by atoms with Gasteiger partial charge in [-0.15, -0.1) is 0 Å². The summed E-state index contributed by atoms with van der Waals surface area (Å²) in [5.41, 5.74) is 0.905. The number of fused-ring (bicyclic) bond motifs is 1. The highest BCUT2D eigenvalue weighted by atomic mass is 16.7. The molecule has 1 amide bonds. The van der Waals surface area contributed by atoms with Gasteiger partial charge in [0.1, 0.15) is 5.69 Å². The second kappa shape index (κ2) is 6.51. The van der Waals surface area contributed by atoms with Gasteiger partial charge in [-0.1, -0.05) is 13.0 Å². The van der Waals surface area contributed by atoms with Gasteiger partial charge in [-0.3, -0.25) is 9.59 Å². The fraction of sp³-hybridized carbons (Fsp3) is 0.312. The molecular weight excluding hydrogens is 298 g/mol. The molecule has 1 aromatic heterocycles. The second-order valence-electron chi connectivity index (χ2n) is 5.15. The maximum absolute atomic E-state index is 12.2. The number of amides is 1. The Morgan fingerprint density at radius 3 is 2.91 bits per heavy atom. The number of ether oxygens (including phenoxy) is 2. The van der Waals surface area contributed by atoms with E-state index in [4.69, 9.17) is 9.47 Å². The molecule has 0 bridgehead atoms. The standard InChI is InChI=1S/C16H17N3O4/c1-2-7-19-15(20)6-4-12(18-19)16(21)17-9-11-3-5-13-14(8-11)23-10-22-13/h3-6,8H,2,7,9-10H2,1H3,(H,17,21). The van der Waals surface area contributed by atoms with Crippen molar-refractivity contribution in [1.82, 2.24) is 15.1 Å². The number of rotatable bonds is 5. The van der Waals surface area contributed by atoms with Gasteiger partial charge in [-0.05, 0) is 30.2 Å². The Morgan fingerprint density at radius 2 is 2.09 bits per heavy atom. The van der Waals surface area contributed by atoms with Crippen molar-refractivity contribution in [3.8, 4) is 11.5 Å². The van der Waals surface area contributed by atoms with E-state index in [1.165, 1.54) is 16.8 Å². The lowest BCUT2D eigenvalue weighted by Gasteiger charge is -2.07. The van der Waals surface area contributed by atoms with E-state index < -0.39 is 0 Å².